The second kappa shape index (κ2) is 9.98. The number of H-pyrrole nitrogens is 2. The molecule has 2 heterocycles. The average molecular weight is 406 g/mol. The van der Waals surface area contributed by atoms with Crippen LogP contribution >= 0.6 is 0 Å². The molecule has 0 aromatic carbocycles. The van der Waals surface area contributed by atoms with Gasteiger partial charge >= 0.3 is 5.97 Å². The molecule has 0 bridgehead atoms. The van der Waals surface area contributed by atoms with E-state index in [1.165, 1.54) is 25.0 Å². The Morgan fingerprint density at radius 3 is 2.00 bits per heavy atom. The second-order valence-corrected chi connectivity index (χ2v) is 6.30. The van der Waals surface area contributed by atoms with Crippen molar-refractivity contribution in [2.24, 2.45) is 11.5 Å². The molecule has 0 spiro atoms. The number of aromatic amines is 2. The van der Waals surface area contributed by atoms with Gasteiger partial charge in [0.1, 0.15) is 12.1 Å². The largest absolute Gasteiger partial charge is 0.480 e. The number of carbonyl (C=O) groups excluding carboxylic acids is 3. The lowest BCUT2D eigenvalue weighted by Gasteiger charge is -2.22. The lowest BCUT2D eigenvalue weighted by atomic mass is 10.1. The summed E-state index contributed by atoms with van der Waals surface area (Å²) in [6.07, 6.45) is 5.23. The molecule has 2 aromatic rings. The molecular formula is C16H22N8O5. The highest BCUT2D eigenvalue weighted by Crippen LogP contribution is 2.02. The number of nitrogens with two attached hydrogens (primary N) is 2. The van der Waals surface area contributed by atoms with Crippen molar-refractivity contribution in [3.8, 4) is 0 Å². The van der Waals surface area contributed by atoms with Gasteiger partial charge in [-0.25, -0.2) is 14.8 Å². The zero-order valence-electron chi connectivity index (χ0n) is 15.3. The SMILES string of the molecule is NC(=O)CC(NC(=O)C(N)Cc1cnc[nH]1)C(=O)NC(Cc1cnc[nH]1)C(=O)O. The number of amides is 3. The van der Waals surface area contributed by atoms with Crippen LogP contribution in [0, 0.1) is 0 Å². The first-order chi connectivity index (χ1) is 13.8. The highest BCUT2D eigenvalue weighted by Gasteiger charge is 2.29. The van der Waals surface area contributed by atoms with Crippen molar-refractivity contribution < 1.29 is 24.3 Å². The maximum Gasteiger partial charge on any atom is 0.326 e. The van der Waals surface area contributed by atoms with E-state index in [4.69, 9.17) is 11.5 Å². The zero-order valence-corrected chi connectivity index (χ0v) is 15.3. The molecule has 3 amide bonds. The molecule has 3 unspecified atom stereocenters. The predicted molar refractivity (Wildman–Crippen MR) is 97.9 cm³/mol. The molecule has 156 valence electrons. The van der Waals surface area contributed by atoms with Gasteiger partial charge in [-0.3, -0.25) is 14.4 Å². The molecule has 13 heteroatoms. The predicted octanol–water partition coefficient (Wildman–Crippen LogP) is -2.83. The number of imidazole rings is 2. The van der Waals surface area contributed by atoms with Crippen LogP contribution in [-0.2, 0) is 32.0 Å². The van der Waals surface area contributed by atoms with E-state index >= 15 is 0 Å². The Balaban J connectivity index is 2.02. The van der Waals surface area contributed by atoms with Crippen molar-refractivity contribution in [2.45, 2.75) is 37.4 Å². The molecule has 3 atom stereocenters. The minimum Gasteiger partial charge on any atom is -0.480 e. The Hall–Kier alpha value is -3.74. The molecule has 9 N–H and O–H groups in total. The van der Waals surface area contributed by atoms with Crippen LogP contribution in [0.15, 0.2) is 25.0 Å². The van der Waals surface area contributed by atoms with Crippen molar-refractivity contribution in [1.29, 1.82) is 0 Å². The molecular weight excluding hydrogens is 384 g/mol. The molecule has 0 saturated carbocycles. The van der Waals surface area contributed by atoms with E-state index < -0.39 is 48.2 Å². The van der Waals surface area contributed by atoms with Gasteiger partial charge in [-0.2, -0.15) is 0 Å². The fourth-order valence-corrected chi connectivity index (χ4v) is 2.50. The van der Waals surface area contributed by atoms with Crippen molar-refractivity contribution >= 4 is 23.7 Å². The Bertz CT molecular complexity index is 836. The third-order valence-corrected chi connectivity index (χ3v) is 3.96. The molecule has 0 aliphatic carbocycles. The highest BCUT2D eigenvalue weighted by molar-refractivity contribution is 5.94. The number of primary amides is 1. The third-order valence-electron chi connectivity index (χ3n) is 3.96. The Kier molecular flexibility index (Phi) is 7.42. The van der Waals surface area contributed by atoms with Gasteiger partial charge in [-0.1, -0.05) is 0 Å². The molecule has 0 aliphatic heterocycles. The quantitative estimate of drug-likeness (QED) is 0.205. The fraction of sp³-hybridized carbons (Fsp3) is 0.375. The van der Waals surface area contributed by atoms with E-state index in [9.17, 15) is 24.3 Å². The highest BCUT2D eigenvalue weighted by atomic mass is 16.4. The van der Waals surface area contributed by atoms with Gasteiger partial charge in [0.2, 0.25) is 17.7 Å². The van der Waals surface area contributed by atoms with E-state index in [-0.39, 0.29) is 12.8 Å². The summed E-state index contributed by atoms with van der Waals surface area (Å²) in [5.41, 5.74) is 12.1. The lowest BCUT2D eigenvalue weighted by molar-refractivity contribution is -0.142. The van der Waals surface area contributed by atoms with Crippen LogP contribution in [0.3, 0.4) is 0 Å². The van der Waals surface area contributed by atoms with E-state index in [1.807, 2.05) is 0 Å². The van der Waals surface area contributed by atoms with Crippen molar-refractivity contribution in [2.75, 3.05) is 0 Å². The number of nitrogens with zero attached hydrogens (tertiary/aromatic N) is 2. The van der Waals surface area contributed by atoms with Gasteiger partial charge in [0.25, 0.3) is 0 Å². The van der Waals surface area contributed by atoms with Crippen LogP contribution in [0.1, 0.15) is 17.8 Å². The number of hydrogen-bond donors (Lipinski definition) is 7. The van der Waals surface area contributed by atoms with Gasteiger partial charge in [-0.05, 0) is 0 Å². The minimum absolute atomic E-state index is 0.0718. The first-order valence-electron chi connectivity index (χ1n) is 8.58. The summed E-state index contributed by atoms with van der Waals surface area (Å²) in [5.74, 6) is -3.74. The molecule has 0 radical (unpaired) electrons. The number of nitrogens with one attached hydrogen (secondary N) is 4. The molecule has 2 aromatic heterocycles. The number of hydrogen-bond acceptors (Lipinski definition) is 7. The number of carboxylic acid groups (broad SMARTS) is 1. The number of carbonyl (C=O) groups is 4. The topological polar surface area (TPSA) is 222 Å². The van der Waals surface area contributed by atoms with Crippen LogP contribution in [-0.4, -0.2) is 66.9 Å². The second-order valence-electron chi connectivity index (χ2n) is 6.30. The van der Waals surface area contributed by atoms with Gasteiger partial charge < -0.3 is 37.2 Å². The van der Waals surface area contributed by atoms with Gasteiger partial charge in [0, 0.05) is 36.6 Å². The van der Waals surface area contributed by atoms with E-state index in [2.05, 4.69) is 30.6 Å². The normalized spacial score (nSPS) is 13.8. The van der Waals surface area contributed by atoms with Gasteiger partial charge in [0.15, 0.2) is 0 Å². The zero-order chi connectivity index (χ0) is 21.4. The number of rotatable bonds is 11. The average Bonchev–Trinajstić information content (AvgIpc) is 3.33. The Morgan fingerprint density at radius 1 is 0.966 bits per heavy atom. The van der Waals surface area contributed by atoms with Crippen LogP contribution < -0.4 is 22.1 Å². The molecule has 0 saturated heterocycles. The maximum absolute atomic E-state index is 12.5. The summed E-state index contributed by atoms with van der Waals surface area (Å²) in [5, 5.41) is 14.0. The van der Waals surface area contributed by atoms with Crippen LogP contribution in [0.5, 0.6) is 0 Å². The minimum atomic E-state index is -1.38. The van der Waals surface area contributed by atoms with Crippen molar-refractivity contribution in [3.63, 3.8) is 0 Å². The van der Waals surface area contributed by atoms with Crippen LogP contribution in [0.4, 0.5) is 0 Å². The smallest absolute Gasteiger partial charge is 0.326 e. The molecule has 0 aliphatic rings. The Morgan fingerprint density at radius 2 is 1.52 bits per heavy atom. The summed E-state index contributed by atoms with van der Waals surface area (Å²) in [6, 6.07) is -3.72. The van der Waals surface area contributed by atoms with E-state index in [0.29, 0.717) is 11.4 Å². The molecule has 2 rings (SSSR count). The summed E-state index contributed by atoms with van der Waals surface area (Å²) in [6.45, 7) is 0. The lowest BCUT2D eigenvalue weighted by Crippen LogP contribution is -2.56. The number of aromatic nitrogens is 4. The maximum atomic E-state index is 12.5. The first kappa shape index (κ1) is 21.6. The van der Waals surface area contributed by atoms with Gasteiger partial charge in [-0.15, -0.1) is 0 Å². The van der Waals surface area contributed by atoms with Crippen molar-refractivity contribution in [1.82, 2.24) is 30.6 Å². The first-order valence-corrected chi connectivity index (χ1v) is 8.58. The monoisotopic (exact) mass is 406 g/mol. The van der Waals surface area contributed by atoms with E-state index in [1.54, 1.807) is 0 Å². The summed E-state index contributed by atoms with van der Waals surface area (Å²) in [4.78, 5) is 60.7. The van der Waals surface area contributed by atoms with Crippen LogP contribution in [0.2, 0.25) is 0 Å². The fourth-order valence-electron chi connectivity index (χ4n) is 2.50. The van der Waals surface area contributed by atoms with Crippen LogP contribution in [0.25, 0.3) is 0 Å². The van der Waals surface area contributed by atoms with Crippen molar-refractivity contribution in [3.05, 3.63) is 36.4 Å². The standard InChI is InChI=1S/C16H22N8O5/c17-10(1-8-4-19-6-21-8)14(26)23-11(3-13(18)25)15(27)24-12(16(28)29)2-9-5-20-7-22-9/h4-7,10-12H,1-3,17H2,(H2,18,25)(H,19,21)(H,20,22)(H,23,26)(H,24,27)(H,28,29). The Labute approximate surface area is 164 Å². The third kappa shape index (κ3) is 6.73. The molecule has 29 heavy (non-hydrogen) atoms. The molecule has 0 fully saturated rings. The summed E-state index contributed by atoms with van der Waals surface area (Å²) >= 11 is 0. The summed E-state index contributed by atoms with van der Waals surface area (Å²) in [7, 11) is 0. The summed E-state index contributed by atoms with van der Waals surface area (Å²) < 4.78 is 0. The van der Waals surface area contributed by atoms with E-state index in [0.717, 1.165) is 0 Å². The number of carboxylic acids is 1. The number of aliphatic carboxylic acids is 1. The molecule has 13 nitrogen and oxygen atoms in total. The van der Waals surface area contributed by atoms with Gasteiger partial charge in [0.05, 0.1) is 25.1 Å².